The highest BCUT2D eigenvalue weighted by Crippen LogP contribution is 2.29. The Bertz CT molecular complexity index is 843. The molecule has 0 radical (unpaired) electrons. The first-order valence-corrected chi connectivity index (χ1v) is 9.24. The second kappa shape index (κ2) is 7.90. The molecule has 1 aliphatic carbocycles. The number of aliphatic carboxylic acids is 1. The highest BCUT2D eigenvalue weighted by Gasteiger charge is 2.30. The number of carboxylic acids is 1. The number of rotatable bonds is 7. The summed E-state index contributed by atoms with van der Waals surface area (Å²) in [5, 5.41) is 13.5. The van der Waals surface area contributed by atoms with E-state index in [2.05, 4.69) is 5.10 Å². The van der Waals surface area contributed by atoms with Gasteiger partial charge in [0.15, 0.2) is 5.69 Å². The summed E-state index contributed by atoms with van der Waals surface area (Å²) in [4.78, 5) is 25.7. The fourth-order valence-corrected chi connectivity index (χ4v) is 3.50. The summed E-state index contributed by atoms with van der Waals surface area (Å²) >= 11 is 0. The predicted octanol–water partition coefficient (Wildman–Crippen LogP) is 3.07. The lowest BCUT2D eigenvalue weighted by Crippen LogP contribution is -2.36. The van der Waals surface area contributed by atoms with Gasteiger partial charge in [0.25, 0.3) is 5.91 Å². The molecule has 144 valence electrons. The minimum absolute atomic E-state index is 0.0979. The average Bonchev–Trinajstić information content (AvgIpc) is 3.21. The molecule has 0 fully saturated rings. The van der Waals surface area contributed by atoms with E-state index in [4.69, 9.17) is 5.11 Å². The van der Waals surface area contributed by atoms with Crippen LogP contribution in [0.5, 0.6) is 0 Å². The normalized spacial score (nSPS) is 13.0. The van der Waals surface area contributed by atoms with Gasteiger partial charge in [-0.15, -0.1) is 0 Å². The van der Waals surface area contributed by atoms with Gasteiger partial charge < -0.3 is 10.0 Å². The third-order valence-corrected chi connectivity index (χ3v) is 4.67. The zero-order valence-electron chi connectivity index (χ0n) is 15.6. The van der Waals surface area contributed by atoms with Crippen molar-refractivity contribution in [3.8, 4) is 5.69 Å². The van der Waals surface area contributed by atoms with Crippen LogP contribution in [0.15, 0.2) is 24.3 Å². The monoisotopic (exact) mass is 373 g/mol. The van der Waals surface area contributed by atoms with Crippen LogP contribution < -0.4 is 0 Å². The number of hydrogen-bond donors (Lipinski definition) is 1. The van der Waals surface area contributed by atoms with Crippen LogP contribution in [0.4, 0.5) is 4.39 Å². The van der Waals surface area contributed by atoms with Crippen molar-refractivity contribution in [2.24, 2.45) is 5.92 Å². The van der Waals surface area contributed by atoms with Crippen LogP contribution in [0, 0.1) is 11.7 Å². The SMILES string of the molecule is CC(C)CN(CCC(=O)O)C(=O)c1nn(-c2ccc(F)cc2)c2c1CCC2. The zero-order chi connectivity index (χ0) is 19.6. The number of aromatic nitrogens is 2. The standard InChI is InChI=1S/C20H24FN3O3/c1-13(2)12-23(11-10-18(25)26)20(27)19-16-4-3-5-17(16)24(22-19)15-8-6-14(21)7-9-15/h6-9,13H,3-5,10-12H2,1-2H3,(H,25,26). The van der Waals surface area contributed by atoms with Crippen molar-refractivity contribution < 1.29 is 19.1 Å². The number of carboxylic acid groups (broad SMARTS) is 1. The average molecular weight is 373 g/mol. The third-order valence-electron chi connectivity index (χ3n) is 4.67. The van der Waals surface area contributed by atoms with E-state index in [0.29, 0.717) is 12.2 Å². The molecule has 0 aliphatic heterocycles. The summed E-state index contributed by atoms with van der Waals surface area (Å²) in [6.07, 6.45) is 2.42. The lowest BCUT2D eigenvalue weighted by atomic mass is 10.1. The van der Waals surface area contributed by atoms with E-state index >= 15 is 0 Å². The lowest BCUT2D eigenvalue weighted by molar-refractivity contribution is -0.137. The maximum absolute atomic E-state index is 13.2. The van der Waals surface area contributed by atoms with E-state index in [-0.39, 0.29) is 30.6 Å². The largest absolute Gasteiger partial charge is 0.481 e. The second-order valence-electron chi connectivity index (χ2n) is 7.30. The van der Waals surface area contributed by atoms with Gasteiger partial charge in [0, 0.05) is 24.3 Å². The van der Waals surface area contributed by atoms with Gasteiger partial charge in [0.2, 0.25) is 0 Å². The summed E-state index contributed by atoms with van der Waals surface area (Å²) < 4.78 is 15.0. The summed E-state index contributed by atoms with van der Waals surface area (Å²) in [7, 11) is 0. The van der Waals surface area contributed by atoms with Crippen molar-refractivity contribution in [3.63, 3.8) is 0 Å². The Labute approximate surface area is 157 Å². The number of hydrogen-bond acceptors (Lipinski definition) is 3. The predicted molar refractivity (Wildman–Crippen MR) is 98.5 cm³/mol. The smallest absolute Gasteiger partial charge is 0.305 e. The molecule has 3 rings (SSSR count). The Hall–Kier alpha value is -2.70. The van der Waals surface area contributed by atoms with Gasteiger partial charge in [0.05, 0.1) is 12.1 Å². The van der Waals surface area contributed by atoms with Crippen LogP contribution in [0.1, 0.15) is 48.4 Å². The quantitative estimate of drug-likeness (QED) is 0.809. The molecule has 0 atom stereocenters. The van der Waals surface area contributed by atoms with E-state index in [0.717, 1.165) is 36.2 Å². The fourth-order valence-electron chi connectivity index (χ4n) is 3.50. The van der Waals surface area contributed by atoms with Crippen molar-refractivity contribution in [1.29, 1.82) is 0 Å². The number of halogens is 1. The Kier molecular flexibility index (Phi) is 5.58. The maximum Gasteiger partial charge on any atom is 0.305 e. The summed E-state index contributed by atoms with van der Waals surface area (Å²) in [6, 6.07) is 6.03. The van der Waals surface area contributed by atoms with Crippen molar-refractivity contribution in [2.45, 2.75) is 39.5 Å². The molecule has 1 N–H and O–H groups in total. The number of fused-ring (bicyclic) bond motifs is 1. The molecule has 0 spiro atoms. The van der Waals surface area contributed by atoms with Gasteiger partial charge >= 0.3 is 5.97 Å². The van der Waals surface area contributed by atoms with E-state index in [1.165, 1.54) is 12.1 Å². The highest BCUT2D eigenvalue weighted by atomic mass is 19.1. The van der Waals surface area contributed by atoms with E-state index < -0.39 is 5.97 Å². The number of benzene rings is 1. The van der Waals surface area contributed by atoms with Crippen molar-refractivity contribution in [3.05, 3.63) is 47.0 Å². The van der Waals surface area contributed by atoms with Gasteiger partial charge in [-0.05, 0) is 49.4 Å². The number of amides is 1. The van der Waals surface area contributed by atoms with E-state index in [1.807, 2.05) is 13.8 Å². The van der Waals surface area contributed by atoms with Crippen molar-refractivity contribution in [1.82, 2.24) is 14.7 Å². The first-order chi connectivity index (χ1) is 12.9. The van der Waals surface area contributed by atoms with Crippen LogP contribution in [0.2, 0.25) is 0 Å². The van der Waals surface area contributed by atoms with E-state index in [9.17, 15) is 14.0 Å². The molecular formula is C20H24FN3O3. The van der Waals surface area contributed by atoms with Crippen LogP contribution in [-0.4, -0.2) is 44.8 Å². The van der Waals surface area contributed by atoms with E-state index in [1.54, 1.807) is 21.7 Å². The summed E-state index contributed by atoms with van der Waals surface area (Å²) in [5.74, 6) is -1.27. The molecule has 0 saturated carbocycles. The molecule has 0 saturated heterocycles. The zero-order valence-corrected chi connectivity index (χ0v) is 15.6. The highest BCUT2D eigenvalue weighted by molar-refractivity contribution is 5.94. The first kappa shape index (κ1) is 19.1. The van der Waals surface area contributed by atoms with Gasteiger partial charge in [-0.25, -0.2) is 9.07 Å². The summed E-state index contributed by atoms with van der Waals surface area (Å²) in [6.45, 7) is 4.61. The number of carbonyl (C=O) groups excluding carboxylic acids is 1. The minimum Gasteiger partial charge on any atom is -0.481 e. The molecule has 6 nitrogen and oxygen atoms in total. The molecule has 0 unspecified atom stereocenters. The van der Waals surface area contributed by atoms with Crippen molar-refractivity contribution in [2.75, 3.05) is 13.1 Å². The molecule has 1 aliphatic rings. The molecule has 27 heavy (non-hydrogen) atoms. The summed E-state index contributed by atoms with van der Waals surface area (Å²) in [5.41, 5.74) is 3.01. The Morgan fingerprint density at radius 1 is 1.26 bits per heavy atom. The van der Waals surface area contributed by atoms with Gasteiger partial charge in [-0.2, -0.15) is 5.10 Å². The van der Waals surface area contributed by atoms with Gasteiger partial charge in [-0.1, -0.05) is 13.8 Å². The molecule has 7 heteroatoms. The third kappa shape index (κ3) is 4.18. The Morgan fingerprint density at radius 3 is 2.59 bits per heavy atom. The van der Waals surface area contributed by atoms with Gasteiger partial charge in [-0.3, -0.25) is 9.59 Å². The topological polar surface area (TPSA) is 75.4 Å². The minimum atomic E-state index is -0.932. The molecular weight excluding hydrogens is 349 g/mol. The van der Waals surface area contributed by atoms with Crippen LogP contribution >= 0.6 is 0 Å². The second-order valence-corrected chi connectivity index (χ2v) is 7.30. The Balaban J connectivity index is 1.95. The van der Waals surface area contributed by atoms with Crippen LogP contribution in [0.3, 0.4) is 0 Å². The molecule has 1 aromatic carbocycles. The maximum atomic E-state index is 13.2. The lowest BCUT2D eigenvalue weighted by Gasteiger charge is -2.23. The van der Waals surface area contributed by atoms with Crippen LogP contribution in [0.25, 0.3) is 5.69 Å². The molecule has 1 aromatic heterocycles. The molecule has 1 heterocycles. The molecule has 1 amide bonds. The van der Waals surface area contributed by atoms with Gasteiger partial charge in [0.1, 0.15) is 5.82 Å². The van der Waals surface area contributed by atoms with Crippen molar-refractivity contribution >= 4 is 11.9 Å². The number of carbonyl (C=O) groups is 2. The number of nitrogens with zero attached hydrogens (tertiary/aromatic N) is 3. The fraction of sp³-hybridized carbons (Fsp3) is 0.450. The first-order valence-electron chi connectivity index (χ1n) is 9.24. The Morgan fingerprint density at radius 2 is 1.96 bits per heavy atom. The van der Waals surface area contributed by atoms with Crippen LogP contribution in [-0.2, 0) is 17.6 Å². The molecule has 0 bridgehead atoms. The molecule has 2 aromatic rings.